The number of ether oxygens (including phenoxy) is 2. The van der Waals surface area contributed by atoms with Crippen molar-refractivity contribution in [1.82, 2.24) is 32.3 Å². The van der Waals surface area contributed by atoms with E-state index in [2.05, 4.69) is 43.0 Å². The van der Waals surface area contributed by atoms with Crippen molar-refractivity contribution in [2.45, 2.75) is 24.9 Å². The normalized spacial score (nSPS) is 14.8. The first-order valence-electron chi connectivity index (χ1n) is 16.1. The fourth-order valence-electron chi connectivity index (χ4n) is 4.87. The van der Waals surface area contributed by atoms with Crippen LogP contribution in [0.4, 0.5) is 11.4 Å². The Kier molecular flexibility index (Phi) is 13.3. The van der Waals surface area contributed by atoms with Crippen molar-refractivity contribution >= 4 is 69.7 Å². The number of nitrogens with one attached hydrogen (secondary N) is 8. The summed E-state index contributed by atoms with van der Waals surface area (Å²) >= 11 is 10.3. The molecule has 0 aromatic heterocycles. The molecule has 0 spiro atoms. The number of para-hydroxylation sites is 2. The third-order valence-electron chi connectivity index (χ3n) is 7.43. The van der Waals surface area contributed by atoms with Crippen molar-refractivity contribution in [3.05, 3.63) is 120 Å². The van der Waals surface area contributed by atoms with E-state index in [1.165, 1.54) is 0 Å². The van der Waals surface area contributed by atoms with E-state index in [-0.39, 0.29) is 48.1 Å². The van der Waals surface area contributed by atoms with Crippen LogP contribution in [0.25, 0.3) is 0 Å². The molecule has 1 aliphatic rings. The van der Waals surface area contributed by atoms with Crippen LogP contribution in [0.2, 0.25) is 0 Å². The summed E-state index contributed by atoms with van der Waals surface area (Å²) in [6.45, 7) is -0.506. The zero-order valence-electron chi connectivity index (χ0n) is 27.6. The van der Waals surface area contributed by atoms with E-state index in [9.17, 15) is 19.2 Å². The lowest BCUT2D eigenvalue weighted by Crippen LogP contribution is -2.62. The molecule has 5 rings (SSSR count). The minimum absolute atomic E-state index is 0.224. The molecule has 1 heterocycles. The number of benzene rings is 4. The van der Waals surface area contributed by atoms with Crippen molar-refractivity contribution in [1.29, 1.82) is 0 Å². The number of hydrogen-bond donors (Lipinski definition) is 8. The maximum absolute atomic E-state index is 12.9. The van der Waals surface area contributed by atoms with E-state index >= 15 is 0 Å². The van der Waals surface area contributed by atoms with Gasteiger partial charge in [0.15, 0.2) is 23.4 Å². The first-order chi connectivity index (χ1) is 25.2. The molecule has 4 aromatic carbocycles. The van der Waals surface area contributed by atoms with Crippen molar-refractivity contribution in [2.24, 2.45) is 0 Å². The fourth-order valence-corrected chi connectivity index (χ4v) is 5.21. The van der Waals surface area contributed by atoms with E-state index in [4.69, 9.17) is 33.9 Å². The van der Waals surface area contributed by atoms with E-state index in [1.54, 1.807) is 48.5 Å². The lowest BCUT2D eigenvalue weighted by atomic mass is 9.98. The van der Waals surface area contributed by atoms with E-state index in [1.807, 2.05) is 60.7 Å². The third-order valence-corrected chi connectivity index (χ3v) is 7.83. The smallest absolute Gasteiger partial charge is 0.276 e. The zero-order chi connectivity index (χ0) is 36.7. The molecule has 2 atom stereocenters. The summed E-state index contributed by atoms with van der Waals surface area (Å²) in [4.78, 5) is 50.1. The van der Waals surface area contributed by atoms with Gasteiger partial charge in [0.25, 0.3) is 11.8 Å². The molecule has 0 bridgehead atoms. The third kappa shape index (κ3) is 12.0. The number of amides is 4. The summed E-state index contributed by atoms with van der Waals surface area (Å²) in [6, 6.07) is 30.8. The minimum Gasteiger partial charge on any atom is -0.484 e. The second kappa shape index (κ2) is 18.7. The number of thiocarbonyl (C=S) groups is 2. The molecule has 52 heavy (non-hydrogen) atoms. The van der Waals surface area contributed by atoms with Crippen LogP contribution in [0.1, 0.15) is 11.1 Å². The molecular weight excluding hydrogens is 705 g/mol. The van der Waals surface area contributed by atoms with Crippen molar-refractivity contribution in [3.8, 4) is 11.5 Å². The highest BCUT2D eigenvalue weighted by atomic mass is 32.1. The number of carbonyl (C=O) groups excluding carboxylic acids is 4. The lowest BCUT2D eigenvalue weighted by molar-refractivity contribution is -0.136. The maximum Gasteiger partial charge on any atom is 0.276 e. The Labute approximate surface area is 310 Å². The van der Waals surface area contributed by atoms with Gasteiger partial charge in [-0.2, -0.15) is 0 Å². The first-order valence-corrected chi connectivity index (χ1v) is 16.9. The van der Waals surface area contributed by atoms with Gasteiger partial charge in [-0.3, -0.25) is 40.9 Å². The molecule has 0 saturated carbocycles. The number of piperazine rings is 1. The van der Waals surface area contributed by atoms with Gasteiger partial charge in [0, 0.05) is 24.2 Å². The Balaban J connectivity index is 0.980. The summed E-state index contributed by atoms with van der Waals surface area (Å²) in [7, 11) is 0. The van der Waals surface area contributed by atoms with Crippen LogP contribution in [0.15, 0.2) is 109 Å². The molecular formula is C36H36N8O6S2. The molecule has 4 aromatic rings. The van der Waals surface area contributed by atoms with Crippen LogP contribution in [-0.2, 0) is 32.0 Å². The van der Waals surface area contributed by atoms with Crippen molar-refractivity contribution in [2.75, 3.05) is 23.8 Å². The molecule has 1 fully saturated rings. The van der Waals surface area contributed by atoms with Gasteiger partial charge >= 0.3 is 0 Å². The Bertz CT molecular complexity index is 1730. The molecule has 14 nitrogen and oxygen atoms in total. The van der Waals surface area contributed by atoms with E-state index in [0.717, 1.165) is 22.5 Å². The SMILES string of the molecule is O=C(COc1ccc(C[C@@H]2NC(=O)[C@H](Cc3ccc(OCC(=O)NNC(=S)Nc4ccccc4)cc3)NC2=O)cc1)NNC(=S)Nc1ccccc1. The maximum atomic E-state index is 12.9. The van der Waals surface area contributed by atoms with Crippen LogP contribution in [0.3, 0.4) is 0 Å². The molecule has 8 N–H and O–H groups in total. The molecule has 16 heteroatoms. The van der Waals surface area contributed by atoms with Gasteiger partial charge in [0.2, 0.25) is 11.8 Å². The van der Waals surface area contributed by atoms with Crippen LogP contribution < -0.4 is 52.4 Å². The van der Waals surface area contributed by atoms with Gasteiger partial charge in [-0.1, -0.05) is 60.7 Å². The van der Waals surface area contributed by atoms with Crippen LogP contribution in [-0.4, -0.2) is 59.2 Å². The van der Waals surface area contributed by atoms with Crippen molar-refractivity contribution < 1.29 is 28.7 Å². The number of hydrogen-bond acceptors (Lipinski definition) is 8. The second-order valence-electron chi connectivity index (χ2n) is 11.4. The summed E-state index contributed by atoms with van der Waals surface area (Å²) in [5.41, 5.74) is 13.3. The van der Waals surface area contributed by atoms with Crippen LogP contribution in [0, 0.1) is 0 Å². The highest BCUT2D eigenvalue weighted by Crippen LogP contribution is 2.17. The van der Waals surface area contributed by atoms with Gasteiger partial charge in [0.05, 0.1) is 0 Å². The van der Waals surface area contributed by atoms with Gasteiger partial charge in [-0.15, -0.1) is 0 Å². The summed E-state index contributed by atoms with van der Waals surface area (Å²) in [5.74, 6) is -0.565. The van der Waals surface area contributed by atoms with Gasteiger partial charge in [-0.25, -0.2) is 0 Å². The number of carbonyl (C=O) groups is 4. The minimum atomic E-state index is -0.749. The Morgan fingerprint density at radius 1 is 0.538 bits per heavy atom. The average Bonchev–Trinajstić information content (AvgIpc) is 3.15. The molecule has 0 aliphatic carbocycles. The fraction of sp³-hybridized carbons (Fsp3) is 0.167. The number of anilines is 2. The Hall–Kier alpha value is -6.26. The van der Waals surface area contributed by atoms with Gasteiger partial charge < -0.3 is 30.7 Å². The Morgan fingerprint density at radius 2 is 0.904 bits per heavy atom. The predicted octanol–water partition coefficient (Wildman–Crippen LogP) is 2.25. The van der Waals surface area contributed by atoms with E-state index in [0.29, 0.717) is 11.5 Å². The topological polar surface area (TPSA) is 183 Å². The largest absolute Gasteiger partial charge is 0.484 e. The van der Waals surface area contributed by atoms with Crippen LogP contribution in [0.5, 0.6) is 11.5 Å². The molecule has 1 saturated heterocycles. The van der Waals surface area contributed by atoms with Crippen LogP contribution >= 0.6 is 24.4 Å². The molecule has 0 radical (unpaired) electrons. The first kappa shape index (κ1) is 37.0. The quantitative estimate of drug-likeness (QED) is 0.0785. The summed E-state index contributed by atoms with van der Waals surface area (Å²) < 4.78 is 11.1. The second-order valence-corrected chi connectivity index (χ2v) is 12.2. The van der Waals surface area contributed by atoms with Gasteiger partial charge in [0.1, 0.15) is 23.6 Å². The molecule has 4 amide bonds. The summed E-state index contributed by atoms with van der Waals surface area (Å²) in [6.07, 6.45) is 0.538. The number of hydrazine groups is 2. The highest BCUT2D eigenvalue weighted by molar-refractivity contribution is 7.80. The van der Waals surface area contributed by atoms with Crippen molar-refractivity contribution in [3.63, 3.8) is 0 Å². The van der Waals surface area contributed by atoms with Gasteiger partial charge in [-0.05, 0) is 84.1 Å². The van der Waals surface area contributed by atoms with E-state index < -0.39 is 23.9 Å². The average molecular weight is 741 g/mol. The molecule has 0 unspecified atom stereocenters. The highest BCUT2D eigenvalue weighted by Gasteiger charge is 2.33. The monoisotopic (exact) mass is 740 g/mol. The summed E-state index contributed by atoms with van der Waals surface area (Å²) in [5, 5.41) is 11.9. The lowest BCUT2D eigenvalue weighted by Gasteiger charge is -2.29. The molecule has 1 aliphatic heterocycles. The molecule has 268 valence electrons. The zero-order valence-corrected chi connectivity index (χ0v) is 29.3. The predicted molar refractivity (Wildman–Crippen MR) is 203 cm³/mol. The number of rotatable bonds is 12. The standard InChI is InChI=1S/C36H36N8O6S2/c45-31(41-43-35(51)37-25-7-3-1-4-8-25)21-49-27-15-11-23(12-16-27)19-29-33(47)40-30(34(48)39-29)20-24-13-17-28(18-14-24)50-22-32(46)42-44-36(52)38-26-9-5-2-6-10-26/h1-18,29-30H,19-22H2,(H,39,48)(H,40,47)(H,41,45)(H,42,46)(H2,37,43,51)(H2,38,44,52)/t29-,30-/m0/s1. The Morgan fingerprint density at radius 3 is 1.27 bits per heavy atom.